The van der Waals surface area contributed by atoms with E-state index >= 15 is 0 Å². The summed E-state index contributed by atoms with van der Waals surface area (Å²) in [6, 6.07) is 10.6. The van der Waals surface area contributed by atoms with Crippen molar-refractivity contribution in [3.05, 3.63) is 63.4 Å². The van der Waals surface area contributed by atoms with Crippen molar-refractivity contribution in [2.24, 2.45) is 11.3 Å². The molecule has 0 spiro atoms. The monoisotopic (exact) mass is 409 g/mol. The smallest absolute Gasteiger partial charge is 0.351 e. The van der Waals surface area contributed by atoms with E-state index in [4.69, 9.17) is 25.6 Å². The number of hydrogen-bond donors (Lipinski definition) is 1. The topological polar surface area (TPSA) is 82.6 Å². The molecule has 1 aliphatic rings. The van der Waals surface area contributed by atoms with Crippen molar-refractivity contribution in [1.82, 2.24) is 9.55 Å². The van der Waals surface area contributed by atoms with Gasteiger partial charge in [0.2, 0.25) is 11.8 Å². The van der Waals surface area contributed by atoms with E-state index in [1.54, 1.807) is 0 Å². The SMILES string of the molecule is CC1C(CO[P+](=S)Oc2ccccc2)OC(n2ccc(=O)[nH]c2=O)C1(C)C. The molecule has 0 saturated carbocycles. The van der Waals surface area contributed by atoms with E-state index < -0.39 is 24.6 Å². The summed E-state index contributed by atoms with van der Waals surface area (Å²) in [4.78, 5) is 25.7. The van der Waals surface area contributed by atoms with Gasteiger partial charge in [0.05, 0.1) is 6.10 Å². The third-order valence-corrected chi connectivity index (χ3v) is 6.30. The van der Waals surface area contributed by atoms with E-state index in [2.05, 4.69) is 11.9 Å². The van der Waals surface area contributed by atoms with Crippen LogP contribution in [-0.4, -0.2) is 22.3 Å². The Balaban J connectivity index is 1.68. The van der Waals surface area contributed by atoms with Gasteiger partial charge in [-0.2, -0.15) is 0 Å². The van der Waals surface area contributed by atoms with Gasteiger partial charge in [0, 0.05) is 17.7 Å². The molecule has 1 aromatic heterocycles. The van der Waals surface area contributed by atoms with E-state index in [-0.39, 0.29) is 24.0 Å². The van der Waals surface area contributed by atoms with E-state index in [1.165, 1.54) is 16.8 Å². The molecule has 2 heterocycles. The molecule has 2 aromatic rings. The Morgan fingerprint density at radius 1 is 1.26 bits per heavy atom. The average Bonchev–Trinajstić information content (AvgIpc) is 2.84. The summed E-state index contributed by atoms with van der Waals surface area (Å²) in [7, 11) is -1.51. The van der Waals surface area contributed by atoms with Crippen LogP contribution < -0.4 is 15.8 Å². The number of hydrogen-bond acceptors (Lipinski definition) is 6. The van der Waals surface area contributed by atoms with Gasteiger partial charge in [-0.05, 0) is 18.1 Å². The molecule has 4 unspecified atom stereocenters. The molecule has 0 radical (unpaired) electrons. The first-order chi connectivity index (χ1) is 12.8. The number of aromatic amines is 1. The zero-order valence-corrected chi connectivity index (χ0v) is 17.0. The molecule has 0 amide bonds. The lowest BCUT2D eigenvalue weighted by Gasteiger charge is -2.29. The molecule has 144 valence electrons. The van der Waals surface area contributed by atoms with Gasteiger partial charge in [-0.25, -0.2) is 4.79 Å². The fourth-order valence-electron chi connectivity index (χ4n) is 3.11. The van der Waals surface area contributed by atoms with E-state index in [9.17, 15) is 9.59 Å². The van der Waals surface area contributed by atoms with Gasteiger partial charge in [0.25, 0.3) is 5.56 Å². The molecule has 0 aliphatic carbocycles. The summed E-state index contributed by atoms with van der Waals surface area (Å²) in [6.07, 6.45) is 0.690. The predicted octanol–water partition coefficient (Wildman–Crippen LogP) is 2.97. The highest BCUT2D eigenvalue weighted by molar-refractivity contribution is 8.00. The highest BCUT2D eigenvalue weighted by Gasteiger charge is 2.50. The van der Waals surface area contributed by atoms with E-state index in [1.807, 2.05) is 44.2 Å². The third-order valence-electron chi connectivity index (χ3n) is 5.04. The molecule has 1 saturated heterocycles. The number of benzene rings is 1. The van der Waals surface area contributed by atoms with Gasteiger partial charge < -0.3 is 4.74 Å². The molecule has 1 N–H and O–H groups in total. The number of ether oxygens (including phenoxy) is 1. The van der Waals surface area contributed by atoms with Crippen LogP contribution in [-0.2, 0) is 21.1 Å². The molecular formula is C18H22N2O5PS+. The lowest BCUT2D eigenvalue weighted by molar-refractivity contribution is -0.0460. The van der Waals surface area contributed by atoms with Crippen LogP contribution in [0.2, 0.25) is 0 Å². The second-order valence-electron chi connectivity index (χ2n) is 7.08. The predicted molar refractivity (Wildman–Crippen MR) is 105 cm³/mol. The van der Waals surface area contributed by atoms with E-state index in [0.29, 0.717) is 5.75 Å². The van der Waals surface area contributed by atoms with Crippen LogP contribution in [0.5, 0.6) is 5.75 Å². The largest absolute Gasteiger partial charge is 0.573 e. The van der Waals surface area contributed by atoms with Gasteiger partial charge in [0.1, 0.15) is 12.8 Å². The maximum absolute atomic E-state index is 12.2. The van der Waals surface area contributed by atoms with Crippen LogP contribution in [0.1, 0.15) is 27.0 Å². The molecule has 9 heteroatoms. The number of nitrogens with one attached hydrogen (secondary N) is 1. The summed E-state index contributed by atoms with van der Waals surface area (Å²) < 4.78 is 18.9. The zero-order valence-electron chi connectivity index (χ0n) is 15.3. The van der Waals surface area contributed by atoms with Crippen molar-refractivity contribution in [3.8, 4) is 5.75 Å². The Morgan fingerprint density at radius 2 is 1.96 bits per heavy atom. The Labute approximate surface area is 162 Å². The molecule has 4 atom stereocenters. The normalized spacial score (nSPS) is 24.6. The summed E-state index contributed by atoms with van der Waals surface area (Å²) in [5.74, 6) is 0.758. The Bertz CT molecular complexity index is 927. The standard InChI is InChI=1S/C18H21N2O5PS/c1-12-14(11-23-26(27)25-13-7-5-4-6-8-13)24-16(18(12,2)3)20-10-9-15(21)19-17(20)22/h4-10,12,14,16H,11H2,1-3H3/p+1. The first-order valence-electron chi connectivity index (χ1n) is 8.59. The van der Waals surface area contributed by atoms with Crippen molar-refractivity contribution in [2.45, 2.75) is 33.1 Å². The van der Waals surface area contributed by atoms with Crippen molar-refractivity contribution in [3.63, 3.8) is 0 Å². The Hall–Kier alpha value is -1.86. The first-order valence-corrected chi connectivity index (χ1v) is 10.8. The molecule has 7 nitrogen and oxygen atoms in total. The van der Waals surface area contributed by atoms with Gasteiger partial charge >= 0.3 is 12.8 Å². The van der Waals surface area contributed by atoms with Gasteiger partial charge in [-0.1, -0.05) is 39.0 Å². The molecule has 3 rings (SSSR count). The highest BCUT2D eigenvalue weighted by atomic mass is 32.4. The zero-order chi connectivity index (χ0) is 19.6. The minimum atomic E-state index is -1.51. The van der Waals surface area contributed by atoms with Crippen molar-refractivity contribution >= 4 is 19.0 Å². The quantitative estimate of drug-likeness (QED) is 0.739. The molecule has 0 bridgehead atoms. The third kappa shape index (κ3) is 4.35. The fraction of sp³-hybridized carbons (Fsp3) is 0.444. The van der Waals surface area contributed by atoms with Crippen LogP contribution >= 0.6 is 7.15 Å². The molecule has 1 fully saturated rings. The summed E-state index contributed by atoms with van der Waals surface area (Å²) in [5.41, 5.74) is -1.28. The molecule has 27 heavy (non-hydrogen) atoms. The van der Waals surface area contributed by atoms with Crippen molar-refractivity contribution in [2.75, 3.05) is 6.61 Å². The number of nitrogens with zero attached hydrogens (tertiary/aromatic N) is 1. The lowest BCUT2D eigenvalue weighted by atomic mass is 9.78. The van der Waals surface area contributed by atoms with Crippen LogP contribution in [0.3, 0.4) is 0 Å². The summed E-state index contributed by atoms with van der Waals surface area (Å²) in [5, 5.41) is 0. The maximum atomic E-state index is 12.2. The molecular weight excluding hydrogens is 387 g/mol. The van der Waals surface area contributed by atoms with E-state index in [0.717, 1.165) is 0 Å². The number of para-hydroxylation sites is 1. The Kier molecular flexibility index (Phi) is 5.91. The first kappa shape index (κ1) is 19.9. The number of H-pyrrole nitrogens is 1. The van der Waals surface area contributed by atoms with Gasteiger partial charge in [0.15, 0.2) is 5.75 Å². The number of aromatic nitrogens is 2. The van der Waals surface area contributed by atoms with Crippen LogP contribution in [0, 0.1) is 11.3 Å². The van der Waals surface area contributed by atoms with Gasteiger partial charge in [-0.15, -0.1) is 4.52 Å². The van der Waals surface area contributed by atoms with Crippen molar-refractivity contribution < 1.29 is 13.8 Å². The summed E-state index contributed by atoms with van der Waals surface area (Å²) >= 11 is 5.28. The highest BCUT2D eigenvalue weighted by Crippen LogP contribution is 2.48. The summed E-state index contributed by atoms with van der Waals surface area (Å²) in [6.45, 7) is 6.36. The fourth-order valence-corrected chi connectivity index (χ4v) is 4.17. The van der Waals surface area contributed by atoms with Crippen LogP contribution in [0.4, 0.5) is 0 Å². The molecule has 1 aliphatic heterocycles. The minimum absolute atomic E-state index is 0.0939. The Morgan fingerprint density at radius 3 is 2.63 bits per heavy atom. The average molecular weight is 409 g/mol. The minimum Gasteiger partial charge on any atom is -0.351 e. The van der Waals surface area contributed by atoms with Gasteiger partial charge in [-0.3, -0.25) is 18.9 Å². The maximum Gasteiger partial charge on any atom is 0.573 e. The van der Waals surface area contributed by atoms with Crippen LogP contribution in [0.25, 0.3) is 0 Å². The molecule has 1 aromatic carbocycles. The van der Waals surface area contributed by atoms with Crippen molar-refractivity contribution in [1.29, 1.82) is 0 Å². The number of rotatable bonds is 6. The second kappa shape index (κ2) is 8.02. The lowest BCUT2D eigenvalue weighted by Crippen LogP contribution is -2.37. The van der Waals surface area contributed by atoms with Crippen LogP contribution in [0.15, 0.2) is 52.2 Å². The second-order valence-corrected chi connectivity index (χ2v) is 8.86.